The van der Waals surface area contributed by atoms with Gasteiger partial charge in [0.05, 0.1) is 18.3 Å². The lowest BCUT2D eigenvalue weighted by Crippen LogP contribution is -2.58. The Balaban J connectivity index is 1.67. The van der Waals surface area contributed by atoms with Crippen LogP contribution in [0.4, 0.5) is 0 Å². The minimum Gasteiger partial charge on any atom is -0.305 e. The molecule has 0 aromatic carbocycles. The second-order valence-electron chi connectivity index (χ2n) is 3.93. The molecule has 3 aliphatic heterocycles. The summed E-state index contributed by atoms with van der Waals surface area (Å²) >= 11 is 0. The molecule has 81 valence electrons. The van der Waals surface area contributed by atoms with Crippen molar-refractivity contribution in [3.63, 3.8) is 0 Å². The lowest BCUT2D eigenvalue weighted by molar-refractivity contribution is -0.0942. The van der Waals surface area contributed by atoms with Crippen molar-refractivity contribution in [2.75, 3.05) is 13.1 Å². The van der Waals surface area contributed by atoms with Gasteiger partial charge in [-0.15, -0.1) is 5.12 Å². The number of rotatable bonds is 2. The predicted molar refractivity (Wildman–Crippen MR) is 55.9 cm³/mol. The van der Waals surface area contributed by atoms with Crippen LogP contribution in [-0.4, -0.2) is 41.6 Å². The summed E-state index contributed by atoms with van der Waals surface area (Å²) in [6.45, 7) is 2.08. The van der Waals surface area contributed by atoms with Crippen LogP contribution in [0.1, 0.15) is 12.8 Å². The van der Waals surface area contributed by atoms with Gasteiger partial charge in [0.25, 0.3) is 0 Å². The van der Waals surface area contributed by atoms with E-state index >= 15 is 0 Å². The molecule has 0 amide bonds. The maximum absolute atomic E-state index is 4.05. The number of nitrogens with one attached hydrogen (secondary N) is 3. The number of hydrazone groups is 1. The fourth-order valence-electron chi connectivity index (χ4n) is 2.12. The van der Waals surface area contributed by atoms with Crippen molar-refractivity contribution in [1.82, 2.24) is 26.5 Å². The Morgan fingerprint density at radius 1 is 1.47 bits per heavy atom. The third-order valence-electron chi connectivity index (χ3n) is 2.92. The second kappa shape index (κ2) is 3.80. The first-order valence-corrected chi connectivity index (χ1v) is 5.37. The van der Waals surface area contributed by atoms with Crippen molar-refractivity contribution >= 4 is 6.21 Å². The summed E-state index contributed by atoms with van der Waals surface area (Å²) in [4.78, 5) is 0. The number of hydrogen-bond donors (Lipinski definition) is 3. The van der Waals surface area contributed by atoms with Crippen molar-refractivity contribution in [3.05, 3.63) is 12.3 Å². The Bertz CT molecular complexity index is 274. The lowest BCUT2D eigenvalue weighted by Gasteiger charge is -2.34. The van der Waals surface area contributed by atoms with Gasteiger partial charge >= 0.3 is 0 Å². The van der Waals surface area contributed by atoms with Crippen LogP contribution in [0.2, 0.25) is 0 Å². The first kappa shape index (κ1) is 9.14. The molecule has 3 aliphatic rings. The van der Waals surface area contributed by atoms with E-state index < -0.39 is 0 Å². The molecule has 0 aromatic heterocycles. The third-order valence-corrected chi connectivity index (χ3v) is 2.92. The molecule has 0 aliphatic carbocycles. The standard InChI is InChI=1S/C9H15N6/c1-4-11-14(7-1)15-9(3-6-12-15)8-2-5-10-13-8/h3,5,8-9,11-13H,1-2,4,7H2. The minimum atomic E-state index is 0.276. The maximum atomic E-state index is 4.05. The van der Waals surface area contributed by atoms with E-state index in [2.05, 4.69) is 37.8 Å². The van der Waals surface area contributed by atoms with E-state index in [1.54, 1.807) is 0 Å². The second-order valence-corrected chi connectivity index (χ2v) is 3.93. The molecule has 6 heteroatoms. The zero-order valence-corrected chi connectivity index (χ0v) is 8.48. The fourth-order valence-corrected chi connectivity index (χ4v) is 2.12. The smallest absolute Gasteiger partial charge is 0.0891 e. The molecule has 1 radical (unpaired) electrons. The lowest BCUT2D eigenvalue weighted by atomic mass is 10.1. The molecule has 2 atom stereocenters. The first-order valence-electron chi connectivity index (χ1n) is 5.37. The Morgan fingerprint density at radius 3 is 3.20 bits per heavy atom. The number of nitrogens with zero attached hydrogens (tertiary/aromatic N) is 3. The average molecular weight is 207 g/mol. The monoisotopic (exact) mass is 207 g/mol. The largest absolute Gasteiger partial charge is 0.305 e. The highest BCUT2D eigenvalue weighted by Crippen LogP contribution is 2.16. The van der Waals surface area contributed by atoms with Crippen molar-refractivity contribution in [1.29, 1.82) is 0 Å². The molecule has 15 heavy (non-hydrogen) atoms. The topological polar surface area (TPSA) is 54.9 Å². The zero-order chi connectivity index (χ0) is 10.1. The van der Waals surface area contributed by atoms with Crippen LogP contribution < -0.4 is 16.3 Å². The summed E-state index contributed by atoms with van der Waals surface area (Å²) in [5.74, 6) is 0. The van der Waals surface area contributed by atoms with Gasteiger partial charge < -0.3 is 10.9 Å². The van der Waals surface area contributed by atoms with Gasteiger partial charge in [-0.3, -0.25) is 0 Å². The molecular formula is C9H15N6. The van der Waals surface area contributed by atoms with E-state index in [4.69, 9.17) is 0 Å². The molecule has 3 rings (SSSR count). The predicted octanol–water partition coefficient (Wildman–Crippen LogP) is -1.03. The van der Waals surface area contributed by atoms with Gasteiger partial charge in [0, 0.05) is 25.7 Å². The Labute approximate surface area is 88.9 Å². The molecule has 1 fully saturated rings. The van der Waals surface area contributed by atoms with E-state index in [9.17, 15) is 0 Å². The molecule has 0 bridgehead atoms. The molecule has 3 heterocycles. The van der Waals surface area contributed by atoms with Crippen LogP contribution in [-0.2, 0) is 0 Å². The van der Waals surface area contributed by atoms with E-state index in [1.807, 2.05) is 12.3 Å². The Kier molecular flexibility index (Phi) is 2.32. The summed E-state index contributed by atoms with van der Waals surface area (Å²) in [5.41, 5.74) is 9.56. The Morgan fingerprint density at radius 2 is 2.47 bits per heavy atom. The van der Waals surface area contributed by atoms with Gasteiger partial charge in [-0.2, -0.15) is 10.2 Å². The van der Waals surface area contributed by atoms with Crippen LogP contribution >= 0.6 is 0 Å². The van der Waals surface area contributed by atoms with E-state index in [0.717, 1.165) is 19.5 Å². The van der Waals surface area contributed by atoms with Gasteiger partial charge in [-0.05, 0) is 12.5 Å². The number of hydrogen-bond acceptors (Lipinski definition) is 6. The summed E-state index contributed by atoms with van der Waals surface area (Å²) in [6.07, 6.45) is 9.17. The van der Waals surface area contributed by atoms with Crippen molar-refractivity contribution in [2.24, 2.45) is 5.10 Å². The SMILES string of the molecule is [C]1=CC(C2CC=NN2)N(N2CCCN2)N1. The molecule has 0 aromatic rings. The highest BCUT2D eigenvalue weighted by atomic mass is 15.9. The molecule has 0 spiro atoms. The molecule has 6 nitrogen and oxygen atoms in total. The molecule has 1 saturated heterocycles. The van der Waals surface area contributed by atoms with Crippen LogP contribution in [0.25, 0.3) is 0 Å². The van der Waals surface area contributed by atoms with Gasteiger partial charge in [-0.25, -0.2) is 5.43 Å². The normalized spacial score (nSPS) is 36.0. The zero-order valence-electron chi connectivity index (χ0n) is 8.48. The van der Waals surface area contributed by atoms with Gasteiger partial charge in [0.1, 0.15) is 0 Å². The minimum absolute atomic E-state index is 0.276. The summed E-state index contributed by atoms with van der Waals surface area (Å²) in [5, 5.41) is 8.25. The summed E-state index contributed by atoms with van der Waals surface area (Å²) in [6, 6.07) is 0.619. The highest BCUT2D eigenvalue weighted by molar-refractivity contribution is 5.60. The van der Waals surface area contributed by atoms with Crippen LogP contribution in [0.5, 0.6) is 0 Å². The van der Waals surface area contributed by atoms with Crippen molar-refractivity contribution in [3.8, 4) is 0 Å². The average Bonchev–Trinajstić information content (AvgIpc) is 3.01. The van der Waals surface area contributed by atoms with Crippen LogP contribution in [0, 0.1) is 6.20 Å². The van der Waals surface area contributed by atoms with Gasteiger partial charge in [0.2, 0.25) is 0 Å². The van der Waals surface area contributed by atoms with Crippen molar-refractivity contribution in [2.45, 2.75) is 24.9 Å². The summed E-state index contributed by atoms with van der Waals surface area (Å²) < 4.78 is 0. The van der Waals surface area contributed by atoms with Crippen LogP contribution in [0.15, 0.2) is 11.2 Å². The molecule has 0 saturated carbocycles. The fraction of sp³-hybridized carbons (Fsp3) is 0.667. The van der Waals surface area contributed by atoms with E-state index in [-0.39, 0.29) is 6.04 Å². The molecule has 3 N–H and O–H groups in total. The van der Waals surface area contributed by atoms with E-state index in [0.29, 0.717) is 6.04 Å². The van der Waals surface area contributed by atoms with Crippen molar-refractivity contribution < 1.29 is 0 Å². The quantitative estimate of drug-likeness (QED) is 0.540. The molecular weight excluding hydrogens is 192 g/mol. The number of hydrazine groups is 3. The maximum Gasteiger partial charge on any atom is 0.0891 e. The highest BCUT2D eigenvalue weighted by Gasteiger charge is 2.34. The first-order chi connectivity index (χ1) is 7.45. The van der Waals surface area contributed by atoms with Gasteiger partial charge in [-0.1, -0.05) is 0 Å². The molecule has 2 unspecified atom stereocenters. The van der Waals surface area contributed by atoms with Gasteiger partial charge in [0.15, 0.2) is 0 Å². The third kappa shape index (κ3) is 1.60. The summed E-state index contributed by atoms with van der Waals surface area (Å²) in [7, 11) is 0. The Hall–Kier alpha value is -1.11. The van der Waals surface area contributed by atoms with E-state index in [1.165, 1.54) is 6.42 Å². The van der Waals surface area contributed by atoms with Crippen LogP contribution in [0.3, 0.4) is 0 Å².